The zero-order valence-electron chi connectivity index (χ0n) is 12.6. The second-order valence-electron chi connectivity index (χ2n) is 6.01. The van der Waals surface area contributed by atoms with Crippen molar-refractivity contribution in [1.82, 2.24) is 4.90 Å². The monoisotopic (exact) mass is 300 g/mol. The van der Waals surface area contributed by atoms with E-state index in [2.05, 4.69) is 18.7 Å². The van der Waals surface area contributed by atoms with E-state index in [4.69, 9.17) is 5.73 Å². The molecule has 0 unspecified atom stereocenters. The Hall–Kier alpha value is -1.07. The molecular weight excluding hydrogens is 277 g/mol. The molecule has 0 aromatic heterocycles. The molecule has 2 rings (SSSR count). The second-order valence-corrected chi connectivity index (χ2v) is 6.01. The Morgan fingerprint density at radius 1 is 1.29 bits per heavy atom. The summed E-state index contributed by atoms with van der Waals surface area (Å²) in [5, 5.41) is 0. The molecule has 0 amide bonds. The van der Waals surface area contributed by atoms with Crippen LogP contribution in [0.25, 0.3) is 0 Å². The van der Waals surface area contributed by atoms with Gasteiger partial charge >= 0.3 is 0 Å². The van der Waals surface area contributed by atoms with Crippen molar-refractivity contribution in [2.75, 3.05) is 13.1 Å². The summed E-state index contributed by atoms with van der Waals surface area (Å²) in [5.74, 6) is -4.80. The number of hydrogen-bond acceptors (Lipinski definition) is 2. The second kappa shape index (κ2) is 6.36. The van der Waals surface area contributed by atoms with Gasteiger partial charge in [-0.3, -0.25) is 0 Å². The molecule has 1 aromatic rings. The lowest BCUT2D eigenvalue weighted by molar-refractivity contribution is -0.0900. The third kappa shape index (κ3) is 3.24. The van der Waals surface area contributed by atoms with Crippen LogP contribution >= 0.6 is 0 Å². The minimum absolute atomic E-state index is 0.0679. The van der Waals surface area contributed by atoms with Crippen LogP contribution in [0.5, 0.6) is 0 Å². The van der Waals surface area contributed by atoms with Crippen LogP contribution in [-0.4, -0.2) is 24.0 Å². The Balaban J connectivity index is 2.19. The predicted octanol–water partition coefficient (Wildman–Crippen LogP) is 3.50. The average Bonchev–Trinajstić information content (AvgIpc) is 2.47. The summed E-state index contributed by atoms with van der Waals surface area (Å²) >= 11 is 0. The zero-order chi connectivity index (χ0) is 15.6. The molecule has 1 aromatic carbocycles. The summed E-state index contributed by atoms with van der Waals surface area (Å²) in [5.41, 5.74) is 5.04. The third-order valence-electron chi connectivity index (χ3n) is 4.43. The fourth-order valence-corrected chi connectivity index (χ4v) is 2.99. The van der Waals surface area contributed by atoms with E-state index in [0.717, 1.165) is 0 Å². The maximum absolute atomic E-state index is 14.6. The van der Waals surface area contributed by atoms with E-state index in [1.807, 2.05) is 0 Å². The molecule has 1 heterocycles. The maximum Gasteiger partial charge on any atom is 0.278 e. The standard InChI is InChI=1S/C16H23F3N2/c1-11(2)21-8-6-13(7-9-21)16(18,19)14-5-3-4-12(10-20)15(14)17/h3-5,11,13H,6-10,20H2,1-2H3. The topological polar surface area (TPSA) is 29.3 Å². The Labute approximate surface area is 124 Å². The third-order valence-corrected chi connectivity index (χ3v) is 4.43. The van der Waals surface area contributed by atoms with Crippen molar-refractivity contribution in [3.8, 4) is 0 Å². The Morgan fingerprint density at radius 3 is 2.43 bits per heavy atom. The quantitative estimate of drug-likeness (QED) is 0.922. The number of nitrogens with two attached hydrogens (primary N) is 1. The van der Waals surface area contributed by atoms with Gasteiger partial charge in [-0.1, -0.05) is 18.2 Å². The molecular formula is C16H23F3N2. The Morgan fingerprint density at radius 2 is 1.90 bits per heavy atom. The number of nitrogens with zero attached hydrogens (tertiary/aromatic N) is 1. The highest BCUT2D eigenvalue weighted by Gasteiger charge is 2.44. The number of halogens is 3. The molecule has 1 aliphatic rings. The van der Waals surface area contributed by atoms with E-state index in [1.165, 1.54) is 18.2 Å². The van der Waals surface area contributed by atoms with Gasteiger partial charge in [0, 0.05) is 24.1 Å². The molecule has 1 aliphatic heterocycles. The maximum atomic E-state index is 14.6. The van der Waals surface area contributed by atoms with Gasteiger partial charge in [-0.05, 0) is 39.8 Å². The lowest BCUT2D eigenvalue weighted by atomic mass is 9.85. The number of hydrogen-bond donors (Lipinski definition) is 1. The van der Waals surface area contributed by atoms with Crippen molar-refractivity contribution < 1.29 is 13.2 Å². The largest absolute Gasteiger partial charge is 0.326 e. The minimum atomic E-state index is -3.14. The Bertz CT molecular complexity index is 480. The lowest BCUT2D eigenvalue weighted by Crippen LogP contribution is -2.42. The summed E-state index contributed by atoms with van der Waals surface area (Å²) in [6, 6.07) is 4.45. The van der Waals surface area contributed by atoms with E-state index in [-0.39, 0.29) is 12.1 Å². The van der Waals surface area contributed by atoms with Gasteiger partial charge in [-0.2, -0.15) is 0 Å². The smallest absolute Gasteiger partial charge is 0.278 e. The summed E-state index contributed by atoms with van der Waals surface area (Å²) in [4.78, 5) is 2.18. The first-order valence-corrected chi connectivity index (χ1v) is 7.47. The summed E-state index contributed by atoms with van der Waals surface area (Å²) in [6.07, 6.45) is 0.773. The van der Waals surface area contributed by atoms with Crippen LogP contribution in [0.15, 0.2) is 18.2 Å². The number of rotatable bonds is 4. The molecule has 21 heavy (non-hydrogen) atoms. The zero-order valence-corrected chi connectivity index (χ0v) is 12.6. The average molecular weight is 300 g/mol. The van der Waals surface area contributed by atoms with Crippen LogP contribution in [-0.2, 0) is 12.5 Å². The minimum Gasteiger partial charge on any atom is -0.326 e. The predicted molar refractivity (Wildman–Crippen MR) is 77.6 cm³/mol. The van der Waals surface area contributed by atoms with Gasteiger partial charge in [-0.15, -0.1) is 0 Å². The van der Waals surface area contributed by atoms with Gasteiger partial charge < -0.3 is 10.6 Å². The van der Waals surface area contributed by atoms with E-state index in [1.54, 1.807) is 0 Å². The van der Waals surface area contributed by atoms with Crippen molar-refractivity contribution in [3.63, 3.8) is 0 Å². The molecule has 1 saturated heterocycles. The molecule has 0 atom stereocenters. The van der Waals surface area contributed by atoms with Gasteiger partial charge in [0.1, 0.15) is 5.82 Å². The SMILES string of the molecule is CC(C)N1CCC(C(F)(F)c2cccc(CN)c2F)CC1. The fraction of sp³-hybridized carbons (Fsp3) is 0.625. The van der Waals surface area contributed by atoms with Crippen LogP contribution in [0, 0.1) is 11.7 Å². The number of benzene rings is 1. The molecule has 1 fully saturated rings. The molecule has 0 saturated carbocycles. The molecule has 2 nitrogen and oxygen atoms in total. The molecule has 0 bridgehead atoms. The van der Waals surface area contributed by atoms with Gasteiger partial charge in [0.25, 0.3) is 5.92 Å². The summed E-state index contributed by atoms with van der Waals surface area (Å²) in [7, 11) is 0. The summed E-state index contributed by atoms with van der Waals surface area (Å²) < 4.78 is 43.5. The van der Waals surface area contributed by atoms with Gasteiger partial charge in [0.15, 0.2) is 0 Å². The van der Waals surface area contributed by atoms with Crippen LogP contribution in [0.1, 0.15) is 37.8 Å². The Kier molecular flexibility index (Phi) is 4.94. The van der Waals surface area contributed by atoms with E-state index < -0.39 is 23.2 Å². The fourth-order valence-electron chi connectivity index (χ4n) is 2.99. The highest BCUT2D eigenvalue weighted by Crippen LogP contribution is 2.43. The van der Waals surface area contributed by atoms with Gasteiger partial charge in [0.05, 0.1) is 5.56 Å². The molecule has 2 N–H and O–H groups in total. The van der Waals surface area contributed by atoms with E-state index >= 15 is 0 Å². The molecule has 0 spiro atoms. The first-order valence-electron chi connectivity index (χ1n) is 7.47. The van der Waals surface area contributed by atoms with E-state index in [0.29, 0.717) is 32.0 Å². The lowest BCUT2D eigenvalue weighted by Gasteiger charge is -2.38. The number of piperidine rings is 1. The highest BCUT2D eigenvalue weighted by atomic mass is 19.3. The first kappa shape index (κ1) is 16.3. The van der Waals surface area contributed by atoms with Gasteiger partial charge in [0.2, 0.25) is 0 Å². The number of likely N-dealkylation sites (tertiary alicyclic amines) is 1. The molecule has 118 valence electrons. The molecule has 5 heteroatoms. The van der Waals surface area contributed by atoms with E-state index in [9.17, 15) is 13.2 Å². The van der Waals surface area contributed by atoms with Crippen LogP contribution in [0.3, 0.4) is 0 Å². The van der Waals surface area contributed by atoms with Crippen molar-refractivity contribution in [2.45, 2.75) is 45.2 Å². The summed E-state index contributed by atoms with van der Waals surface area (Å²) in [6.45, 7) is 5.32. The van der Waals surface area contributed by atoms with Crippen LogP contribution < -0.4 is 5.73 Å². The van der Waals surface area contributed by atoms with Crippen molar-refractivity contribution >= 4 is 0 Å². The van der Waals surface area contributed by atoms with Crippen molar-refractivity contribution in [2.24, 2.45) is 11.7 Å². The molecule has 0 aliphatic carbocycles. The first-order chi connectivity index (χ1) is 9.87. The number of alkyl halides is 2. The van der Waals surface area contributed by atoms with Gasteiger partial charge in [-0.25, -0.2) is 13.2 Å². The van der Waals surface area contributed by atoms with Crippen molar-refractivity contribution in [1.29, 1.82) is 0 Å². The van der Waals surface area contributed by atoms with Crippen LogP contribution in [0.2, 0.25) is 0 Å². The highest BCUT2D eigenvalue weighted by molar-refractivity contribution is 5.30. The normalized spacial score (nSPS) is 18.4. The van der Waals surface area contributed by atoms with Crippen molar-refractivity contribution in [3.05, 3.63) is 35.1 Å². The molecule has 0 radical (unpaired) electrons. The van der Waals surface area contributed by atoms with Crippen LogP contribution in [0.4, 0.5) is 13.2 Å².